The van der Waals surface area contributed by atoms with Gasteiger partial charge in [-0.15, -0.1) is 0 Å². The summed E-state index contributed by atoms with van der Waals surface area (Å²) < 4.78 is 13.4. The van der Waals surface area contributed by atoms with Crippen molar-refractivity contribution in [2.45, 2.75) is 19.5 Å². The van der Waals surface area contributed by atoms with E-state index in [1.54, 1.807) is 12.4 Å². The number of halogens is 3. The third kappa shape index (κ3) is 2.83. The number of aromatic nitrogens is 2. The zero-order valence-corrected chi connectivity index (χ0v) is 11.2. The minimum absolute atomic E-state index is 0.0645. The Morgan fingerprint density at radius 1 is 1.44 bits per heavy atom. The lowest BCUT2D eigenvalue weighted by Gasteiger charge is -2.17. The van der Waals surface area contributed by atoms with Gasteiger partial charge < -0.3 is 5.32 Å². The van der Waals surface area contributed by atoms with Crippen molar-refractivity contribution in [3.63, 3.8) is 0 Å². The van der Waals surface area contributed by atoms with Crippen LogP contribution in [0.2, 0.25) is 10.0 Å². The summed E-state index contributed by atoms with van der Waals surface area (Å²) in [7, 11) is 0. The first-order valence-corrected chi connectivity index (χ1v) is 6.19. The quantitative estimate of drug-likeness (QED) is 0.842. The summed E-state index contributed by atoms with van der Waals surface area (Å²) in [6, 6.07) is 2.61. The van der Waals surface area contributed by atoms with Gasteiger partial charge >= 0.3 is 0 Å². The van der Waals surface area contributed by atoms with E-state index in [2.05, 4.69) is 15.5 Å². The first kappa shape index (κ1) is 13.3. The van der Waals surface area contributed by atoms with E-state index in [1.165, 1.54) is 12.1 Å². The topological polar surface area (TPSA) is 40.7 Å². The van der Waals surface area contributed by atoms with Gasteiger partial charge in [0.1, 0.15) is 5.82 Å². The van der Waals surface area contributed by atoms with Crippen LogP contribution in [-0.2, 0) is 6.54 Å². The first-order valence-electron chi connectivity index (χ1n) is 5.44. The van der Waals surface area contributed by atoms with E-state index in [0.29, 0.717) is 17.1 Å². The fraction of sp³-hybridized carbons (Fsp3) is 0.250. The molecule has 1 unspecified atom stereocenters. The third-order valence-electron chi connectivity index (χ3n) is 2.68. The number of rotatable bonds is 4. The molecule has 96 valence electrons. The van der Waals surface area contributed by atoms with Gasteiger partial charge in [0.05, 0.1) is 11.2 Å². The van der Waals surface area contributed by atoms with E-state index >= 15 is 0 Å². The van der Waals surface area contributed by atoms with E-state index in [-0.39, 0.29) is 11.1 Å². The monoisotopic (exact) mass is 287 g/mol. The number of H-pyrrole nitrogens is 1. The van der Waals surface area contributed by atoms with Crippen LogP contribution in [0.3, 0.4) is 0 Å². The molecule has 0 saturated heterocycles. The van der Waals surface area contributed by atoms with Crippen LogP contribution in [-0.4, -0.2) is 10.2 Å². The number of hydrogen-bond donors (Lipinski definition) is 2. The maximum absolute atomic E-state index is 13.4. The Kier molecular flexibility index (Phi) is 4.22. The average molecular weight is 288 g/mol. The lowest BCUT2D eigenvalue weighted by molar-refractivity contribution is 0.565. The second kappa shape index (κ2) is 5.69. The average Bonchev–Trinajstić information content (AvgIpc) is 2.85. The summed E-state index contributed by atoms with van der Waals surface area (Å²) >= 11 is 12.0. The Hall–Kier alpha value is -1.10. The molecule has 1 aromatic carbocycles. The molecule has 2 rings (SSSR count). The standard InChI is InChI=1S/C12H12Cl2FN3/c1-7(16-4-8-5-17-18-6-8)11-9(13)2-3-10(15)12(11)14/h2-3,5-7,16H,4H2,1H3,(H,17,18). The van der Waals surface area contributed by atoms with E-state index in [0.717, 1.165) is 5.56 Å². The molecule has 0 bridgehead atoms. The van der Waals surface area contributed by atoms with Crippen molar-refractivity contribution in [2.24, 2.45) is 0 Å². The smallest absolute Gasteiger partial charge is 0.142 e. The normalized spacial score (nSPS) is 12.7. The van der Waals surface area contributed by atoms with Gasteiger partial charge in [-0.2, -0.15) is 5.10 Å². The molecule has 1 aromatic heterocycles. The molecule has 0 amide bonds. The molecule has 0 fully saturated rings. The molecule has 0 saturated carbocycles. The van der Waals surface area contributed by atoms with E-state index in [1.807, 2.05) is 6.92 Å². The van der Waals surface area contributed by atoms with Crippen LogP contribution in [0.1, 0.15) is 24.1 Å². The molecule has 1 heterocycles. The Morgan fingerprint density at radius 3 is 2.89 bits per heavy atom. The van der Waals surface area contributed by atoms with Crippen LogP contribution in [0.15, 0.2) is 24.5 Å². The lowest BCUT2D eigenvalue weighted by atomic mass is 10.1. The molecular formula is C12H12Cl2FN3. The number of nitrogens with one attached hydrogen (secondary N) is 2. The Bertz CT molecular complexity index is 528. The van der Waals surface area contributed by atoms with Crippen LogP contribution in [0.5, 0.6) is 0 Å². The Labute approximate surface area is 114 Å². The van der Waals surface area contributed by atoms with Gasteiger partial charge in [-0.05, 0) is 19.1 Å². The van der Waals surface area contributed by atoms with Crippen LogP contribution >= 0.6 is 23.2 Å². The summed E-state index contributed by atoms with van der Waals surface area (Å²) in [4.78, 5) is 0. The van der Waals surface area contributed by atoms with Gasteiger partial charge in [0, 0.05) is 34.9 Å². The molecule has 2 N–H and O–H groups in total. The molecule has 0 aliphatic rings. The molecule has 2 aromatic rings. The predicted molar refractivity (Wildman–Crippen MR) is 70.3 cm³/mol. The highest BCUT2D eigenvalue weighted by Gasteiger charge is 2.16. The number of benzene rings is 1. The fourth-order valence-corrected chi connectivity index (χ4v) is 2.38. The van der Waals surface area contributed by atoms with Crippen molar-refractivity contribution in [3.05, 3.63) is 51.5 Å². The van der Waals surface area contributed by atoms with Gasteiger partial charge in [0.25, 0.3) is 0 Å². The first-order chi connectivity index (χ1) is 8.59. The van der Waals surface area contributed by atoms with Crippen molar-refractivity contribution in [3.8, 4) is 0 Å². The van der Waals surface area contributed by atoms with Gasteiger partial charge in [-0.3, -0.25) is 5.10 Å². The van der Waals surface area contributed by atoms with Crippen molar-refractivity contribution in [1.29, 1.82) is 0 Å². The molecule has 0 aliphatic carbocycles. The van der Waals surface area contributed by atoms with Crippen LogP contribution < -0.4 is 5.32 Å². The Balaban J connectivity index is 2.13. The molecule has 1 atom stereocenters. The van der Waals surface area contributed by atoms with E-state index in [9.17, 15) is 4.39 Å². The van der Waals surface area contributed by atoms with Crippen molar-refractivity contribution in [2.75, 3.05) is 0 Å². The second-order valence-corrected chi connectivity index (χ2v) is 4.75. The molecule has 6 heteroatoms. The largest absolute Gasteiger partial charge is 0.306 e. The van der Waals surface area contributed by atoms with Crippen molar-refractivity contribution >= 4 is 23.2 Å². The third-order valence-corrected chi connectivity index (χ3v) is 3.39. The minimum Gasteiger partial charge on any atom is -0.306 e. The summed E-state index contributed by atoms with van der Waals surface area (Å²) in [6.07, 6.45) is 3.50. The zero-order chi connectivity index (χ0) is 13.1. The molecule has 0 aliphatic heterocycles. The highest BCUT2D eigenvalue weighted by molar-refractivity contribution is 6.36. The SMILES string of the molecule is CC(NCc1cn[nH]c1)c1c(Cl)ccc(F)c1Cl. The predicted octanol–water partition coefficient (Wildman–Crippen LogP) is 3.71. The maximum Gasteiger partial charge on any atom is 0.142 e. The van der Waals surface area contributed by atoms with Gasteiger partial charge in [0.15, 0.2) is 0 Å². The number of nitrogens with zero attached hydrogens (tertiary/aromatic N) is 1. The summed E-state index contributed by atoms with van der Waals surface area (Å²) in [6.45, 7) is 2.48. The molecule has 0 spiro atoms. The minimum atomic E-state index is -0.465. The molecule has 0 radical (unpaired) electrons. The maximum atomic E-state index is 13.4. The zero-order valence-electron chi connectivity index (χ0n) is 9.67. The van der Waals surface area contributed by atoms with Gasteiger partial charge in [-0.1, -0.05) is 23.2 Å². The van der Waals surface area contributed by atoms with Crippen molar-refractivity contribution in [1.82, 2.24) is 15.5 Å². The van der Waals surface area contributed by atoms with Crippen molar-refractivity contribution < 1.29 is 4.39 Å². The number of hydrogen-bond acceptors (Lipinski definition) is 2. The Morgan fingerprint density at radius 2 is 2.22 bits per heavy atom. The number of aromatic amines is 1. The summed E-state index contributed by atoms with van der Waals surface area (Å²) in [5, 5.41) is 10.3. The van der Waals surface area contributed by atoms with Crippen LogP contribution in [0, 0.1) is 5.82 Å². The molecule has 3 nitrogen and oxygen atoms in total. The van der Waals surface area contributed by atoms with Gasteiger partial charge in [0.2, 0.25) is 0 Å². The summed E-state index contributed by atoms with van der Waals surface area (Å²) in [5.74, 6) is -0.465. The highest BCUT2D eigenvalue weighted by atomic mass is 35.5. The second-order valence-electron chi connectivity index (χ2n) is 3.97. The van der Waals surface area contributed by atoms with Crippen LogP contribution in [0.25, 0.3) is 0 Å². The lowest BCUT2D eigenvalue weighted by Crippen LogP contribution is -2.18. The summed E-state index contributed by atoms with van der Waals surface area (Å²) in [5.41, 5.74) is 1.58. The van der Waals surface area contributed by atoms with Gasteiger partial charge in [-0.25, -0.2) is 4.39 Å². The van der Waals surface area contributed by atoms with E-state index < -0.39 is 5.82 Å². The van der Waals surface area contributed by atoms with E-state index in [4.69, 9.17) is 23.2 Å². The highest BCUT2D eigenvalue weighted by Crippen LogP contribution is 2.32. The molecular weight excluding hydrogens is 276 g/mol. The molecule has 18 heavy (non-hydrogen) atoms. The van der Waals surface area contributed by atoms with Crippen LogP contribution in [0.4, 0.5) is 4.39 Å². The fourth-order valence-electron chi connectivity index (χ4n) is 1.69.